The third-order valence-electron chi connectivity index (χ3n) is 5.95. The summed E-state index contributed by atoms with van der Waals surface area (Å²) in [5.74, 6) is -0.742. The summed E-state index contributed by atoms with van der Waals surface area (Å²) >= 11 is 0. The SMILES string of the molecule is CCOC(=O)C1=CN2C(=O)[C@H](NC(=O)c3ccccc3)[C@H](c3ccccc3)N2[C@@H]1c1ccco1. The Labute approximate surface area is 196 Å². The number of amides is 2. The lowest BCUT2D eigenvalue weighted by molar-refractivity contribution is -0.140. The van der Waals surface area contributed by atoms with E-state index in [9.17, 15) is 14.4 Å². The predicted octanol–water partition coefficient (Wildman–Crippen LogP) is 3.38. The van der Waals surface area contributed by atoms with Gasteiger partial charge in [0.05, 0.1) is 24.5 Å². The van der Waals surface area contributed by atoms with Crippen LogP contribution < -0.4 is 5.32 Å². The summed E-state index contributed by atoms with van der Waals surface area (Å²) in [6.07, 6.45) is 3.00. The fourth-order valence-corrected chi connectivity index (χ4v) is 4.50. The minimum Gasteiger partial charge on any atom is -0.467 e. The summed E-state index contributed by atoms with van der Waals surface area (Å²) in [6.45, 7) is 1.93. The van der Waals surface area contributed by atoms with E-state index >= 15 is 0 Å². The van der Waals surface area contributed by atoms with Crippen molar-refractivity contribution in [2.45, 2.75) is 25.0 Å². The number of nitrogens with zero attached hydrogens (tertiary/aromatic N) is 2. The molecule has 2 amide bonds. The van der Waals surface area contributed by atoms with Gasteiger partial charge in [0.1, 0.15) is 17.8 Å². The number of carbonyl (C=O) groups excluding carboxylic acids is 3. The number of esters is 1. The zero-order chi connectivity index (χ0) is 23.7. The van der Waals surface area contributed by atoms with Crippen LogP contribution in [-0.2, 0) is 14.3 Å². The van der Waals surface area contributed by atoms with E-state index in [1.165, 1.54) is 17.5 Å². The molecule has 3 atom stereocenters. The van der Waals surface area contributed by atoms with E-state index in [-0.39, 0.29) is 18.4 Å². The molecule has 3 aromatic rings. The summed E-state index contributed by atoms with van der Waals surface area (Å²) in [7, 11) is 0. The van der Waals surface area contributed by atoms with E-state index in [2.05, 4.69) is 5.32 Å². The van der Waals surface area contributed by atoms with Crippen LogP contribution >= 0.6 is 0 Å². The van der Waals surface area contributed by atoms with Gasteiger partial charge in [-0.1, -0.05) is 48.5 Å². The molecule has 2 aromatic carbocycles. The molecular formula is C26H23N3O5. The highest BCUT2D eigenvalue weighted by Gasteiger charge is 2.56. The van der Waals surface area contributed by atoms with Crippen LogP contribution in [0.4, 0.5) is 0 Å². The highest BCUT2D eigenvalue weighted by molar-refractivity contribution is 5.99. The molecule has 1 aromatic heterocycles. The van der Waals surface area contributed by atoms with Crippen LogP contribution in [0.25, 0.3) is 0 Å². The maximum Gasteiger partial charge on any atom is 0.337 e. The fraction of sp³-hybridized carbons (Fsp3) is 0.192. The summed E-state index contributed by atoms with van der Waals surface area (Å²) < 4.78 is 10.9. The molecule has 34 heavy (non-hydrogen) atoms. The first kappa shape index (κ1) is 21.7. The highest BCUT2D eigenvalue weighted by Crippen LogP contribution is 2.48. The van der Waals surface area contributed by atoms with Crippen molar-refractivity contribution in [3.63, 3.8) is 0 Å². The van der Waals surface area contributed by atoms with Crippen molar-refractivity contribution >= 4 is 17.8 Å². The molecule has 1 N–H and O–H groups in total. The smallest absolute Gasteiger partial charge is 0.337 e. The monoisotopic (exact) mass is 457 g/mol. The van der Waals surface area contributed by atoms with Gasteiger partial charge in [0.25, 0.3) is 11.8 Å². The molecule has 0 radical (unpaired) electrons. The quantitative estimate of drug-likeness (QED) is 0.571. The van der Waals surface area contributed by atoms with Gasteiger partial charge in [-0.3, -0.25) is 9.59 Å². The number of ether oxygens (including phenoxy) is 1. The summed E-state index contributed by atoms with van der Waals surface area (Å²) in [6, 6.07) is 19.5. The van der Waals surface area contributed by atoms with Crippen LogP contribution in [0, 0.1) is 0 Å². The Morgan fingerprint density at radius 3 is 2.35 bits per heavy atom. The first-order chi connectivity index (χ1) is 16.6. The first-order valence-electron chi connectivity index (χ1n) is 11.0. The number of hydrogen-bond acceptors (Lipinski definition) is 6. The number of fused-ring (bicyclic) bond motifs is 1. The topological polar surface area (TPSA) is 92.1 Å². The highest BCUT2D eigenvalue weighted by atomic mass is 16.5. The number of hydrogen-bond donors (Lipinski definition) is 1. The molecule has 5 rings (SSSR count). The maximum atomic E-state index is 13.6. The van der Waals surface area contributed by atoms with Crippen molar-refractivity contribution < 1.29 is 23.5 Å². The third-order valence-corrected chi connectivity index (χ3v) is 5.95. The Bertz CT molecular complexity index is 1220. The minimum absolute atomic E-state index is 0.201. The van der Waals surface area contributed by atoms with E-state index in [1.54, 1.807) is 48.3 Å². The molecule has 0 aliphatic carbocycles. The van der Waals surface area contributed by atoms with E-state index in [1.807, 2.05) is 36.4 Å². The van der Waals surface area contributed by atoms with Gasteiger partial charge in [-0.15, -0.1) is 0 Å². The Balaban J connectivity index is 1.58. The van der Waals surface area contributed by atoms with Crippen molar-refractivity contribution in [1.82, 2.24) is 15.3 Å². The zero-order valence-corrected chi connectivity index (χ0v) is 18.5. The van der Waals surface area contributed by atoms with Gasteiger partial charge >= 0.3 is 5.97 Å². The van der Waals surface area contributed by atoms with Crippen molar-refractivity contribution in [2.75, 3.05) is 6.61 Å². The van der Waals surface area contributed by atoms with Crippen molar-refractivity contribution in [3.05, 3.63) is 108 Å². The lowest BCUT2D eigenvalue weighted by atomic mass is 9.96. The van der Waals surface area contributed by atoms with Crippen LogP contribution in [0.5, 0.6) is 0 Å². The standard InChI is InChI=1S/C26H23N3O5/c1-2-33-26(32)19-16-28-25(31)21(27-24(30)18-12-7-4-8-13-18)22(17-10-5-3-6-11-17)29(28)23(19)20-14-9-15-34-20/h3-16,21-23H,2H2,1H3,(H,27,30)/t21-,22+,23+/m1/s1. The van der Waals surface area contributed by atoms with Gasteiger partial charge in [0.2, 0.25) is 0 Å². The van der Waals surface area contributed by atoms with E-state index in [0.717, 1.165) is 5.56 Å². The van der Waals surface area contributed by atoms with E-state index in [0.29, 0.717) is 16.9 Å². The number of nitrogens with one attached hydrogen (secondary N) is 1. The number of hydrazine groups is 1. The Hall–Kier alpha value is -4.17. The molecule has 8 heteroatoms. The van der Waals surface area contributed by atoms with Gasteiger partial charge in [-0.25, -0.2) is 9.80 Å². The van der Waals surface area contributed by atoms with Gasteiger partial charge in [0.15, 0.2) is 0 Å². The minimum atomic E-state index is -0.882. The molecule has 0 unspecified atom stereocenters. The van der Waals surface area contributed by atoms with Crippen LogP contribution in [-0.4, -0.2) is 40.5 Å². The van der Waals surface area contributed by atoms with Crippen LogP contribution in [0.2, 0.25) is 0 Å². The lowest BCUT2D eigenvalue weighted by Gasteiger charge is -2.31. The second kappa shape index (κ2) is 8.99. The van der Waals surface area contributed by atoms with E-state index < -0.39 is 24.1 Å². The maximum absolute atomic E-state index is 13.6. The molecule has 3 heterocycles. The van der Waals surface area contributed by atoms with Gasteiger partial charge in [0, 0.05) is 11.8 Å². The summed E-state index contributed by atoms with van der Waals surface area (Å²) in [4.78, 5) is 39.4. The van der Waals surface area contributed by atoms with Crippen LogP contribution in [0.15, 0.2) is 95.2 Å². The molecule has 172 valence electrons. The molecule has 1 fully saturated rings. The van der Waals surface area contributed by atoms with Gasteiger partial charge < -0.3 is 14.5 Å². The summed E-state index contributed by atoms with van der Waals surface area (Å²) in [5, 5.41) is 6.08. The number of benzene rings is 2. The predicted molar refractivity (Wildman–Crippen MR) is 122 cm³/mol. The van der Waals surface area contributed by atoms with Crippen molar-refractivity contribution in [3.8, 4) is 0 Å². The Morgan fingerprint density at radius 2 is 1.71 bits per heavy atom. The van der Waals surface area contributed by atoms with Gasteiger partial charge in [-0.05, 0) is 36.8 Å². The third kappa shape index (κ3) is 3.68. The zero-order valence-electron chi connectivity index (χ0n) is 18.5. The lowest BCUT2D eigenvalue weighted by Crippen LogP contribution is -2.43. The van der Waals surface area contributed by atoms with Crippen LogP contribution in [0.1, 0.15) is 40.7 Å². The molecule has 2 aliphatic rings. The Kier molecular flexibility index (Phi) is 5.73. The second-order valence-corrected chi connectivity index (χ2v) is 7.96. The molecule has 0 spiro atoms. The molecule has 8 nitrogen and oxygen atoms in total. The van der Waals surface area contributed by atoms with Crippen molar-refractivity contribution in [2.24, 2.45) is 0 Å². The normalized spacial score (nSPS) is 21.8. The van der Waals surface area contributed by atoms with E-state index in [4.69, 9.17) is 9.15 Å². The average Bonchev–Trinajstić information content (AvgIpc) is 3.58. The Morgan fingerprint density at radius 1 is 1.00 bits per heavy atom. The van der Waals surface area contributed by atoms with Crippen LogP contribution in [0.3, 0.4) is 0 Å². The molecule has 0 bridgehead atoms. The van der Waals surface area contributed by atoms with Crippen molar-refractivity contribution in [1.29, 1.82) is 0 Å². The number of furan rings is 1. The fourth-order valence-electron chi connectivity index (χ4n) is 4.50. The first-order valence-corrected chi connectivity index (χ1v) is 11.0. The average molecular weight is 457 g/mol. The van der Waals surface area contributed by atoms with Gasteiger partial charge in [-0.2, -0.15) is 5.01 Å². The molecule has 0 saturated carbocycles. The number of carbonyl (C=O) groups is 3. The molecular weight excluding hydrogens is 434 g/mol. The molecule has 2 aliphatic heterocycles. The second-order valence-electron chi connectivity index (χ2n) is 7.96. The number of rotatable bonds is 6. The largest absolute Gasteiger partial charge is 0.467 e. The summed E-state index contributed by atoms with van der Waals surface area (Å²) in [5.41, 5.74) is 1.56. The molecule has 1 saturated heterocycles.